The van der Waals surface area contributed by atoms with Crippen molar-refractivity contribution in [1.29, 1.82) is 0 Å². The van der Waals surface area contributed by atoms with Crippen LogP contribution in [0.4, 0.5) is 21.0 Å². The van der Waals surface area contributed by atoms with Crippen molar-refractivity contribution in [2.24, 2.45) is 0 Å². The van der Waals surface area contributed by atoms with Crippen LogP contribution in [-0.4, -0.2) is 34.3 Å². The number of hydrogen-bond acceptors (Lipinski definition) is 4. The van der Waals surface area contributed by atoms with Crippen LogP contribution < -0.4 is 10.6 Å². The van der Waals surface area contributed by atoms with E-state index in [4.69, 9.17) is 9.47 Å². The van der Waals surface area contributed by atoms with Crippen LogP contribution in [0.25, 0.3) is 0 Å². The van der Waals surface area contributed by atoms with Crippen LogP contribution >= 0.6 is 45.2 Å². The van der Waals surface area contributed by atoms with E-state index >= 15 is 0 Å². The van der Waals surface area contributed by atoms with E-state index < -0.39 is 12.2 Å². The first-order valence-electron chi connectivity index (χ1n) is 6.75. The second-order valence-corrected chi connectivity index (χ2v) is 6.35. The van der Waals surface area contributed by atoms with E-state index in [1.807, 2.05) is 0 Å². The molecule has 0 atom stereocenters. The van der Waals surface area contributed by atoms with Crippen molar-refractivity contribution in [3.63, 3.8) is 0 Å². The number of hydrogen-bond donors (Lipinski definition) is 2. The summed E-state index contributed by atoms with van der Waals surface area (Å²) >= 11 is 4.44. The molecule has 1 aromatic rings. The number of alkyl halides is 2. The maximum Gasteiger partial charge on any atom is 0.411 e. The van der Waals surface area contributed by atoms with Gasteiger partial charge >= 0.3 is 12.2 Å². The summed E-state index contributed by atoms with van der Waals surface area (Å²) in [6.45, 7) is 0.770. The van der Waals surface area contributed by atoms with E-state index in [2.05, 4.69) is 55.8 Å². The van der Waals surface area contributed by atoms with Gasteiger partial charge in [-0.25, -0.2) is 9.59 Å². The lowest BCUT2D eigenvalue weighted by Gasteiger charge is -2.09. The molecule has 122 valence electrons. The lowest BCUT2D eigenvalue weighted by Crippen LogP contribution is -2.16. The third-order valence-corrected chi connectivity index (χ3v) is 3.90. The fourth-order valence-corrected chi connectivity index (χ4v) is 2.04. The van der Waals surface area contributed by atoms with Crippen molar-refractivity contribution in [2.45, 2.75) is 12.8 Å². The Hall–Kier alpha value is -0.780. The molecule has 6 nitrogen and oxygen atoms in total. The summed E-state index contributed by atoms with van der Waals surface area (Å²) in [6, 6.07) is 6.79. The molecule has 0 spiro atoms. The van der Waals surface area contributed by atoms with E-state index in [9.17, 15) is 9.59 Å². The van der Waals surface area contributed by atoms with Gasteiger partial charge in [0, 0.05) is 20.2 Å². The molecule has 0 aliphatic rings. The van der Waals surface area contributed by atoms with Crippen LogP contribution in [0.5, 0.6) is 0 Å². The quantitative estimate of drug-likeness (QED) is 0.295. The molecule has 8 heteroatoms. The summed E-state index contributed by atoms with van der Waals surface area (Å²) in [7, 11) is 0. The van der Waals surface area contributed by atoms with E-state index in [0.29, 0.717) is 24.6 Å². The molecule has 0 unspecified atom stereocenters. The molecule has 0 aliphatic heterocycles. The van der Waals surface area contributed by atoms with Gasteiger partial charge in [0.15, 0.2) is 0 Å². The van der Waals surface area contributed by atoms with Crippen LogP contribution in [0.3, 0.4) is 0 Å². The smallest absolute Gasteiger partial charge is 0.411 e. The van der Waals surface area contributed by atoms with Gasteiger partial charge in [0.05, 0.1) is 13.2 Å². The molecular weight excluding hydrogens is 514 g/mol. The van der Waals surface area contributed by atoms with Gasteiger partial charge in [-0.15, -0.1) is 0 Å². The predicted octanol–water partition coefficient (Wildman–Crippen LogP) is 4.43. The third-order valence-electron chi connectivity index (χ3n) is 2.38. The Balaban J connectivity index is 2.44. The van der Waals surface area contributed by atoms with Gasteiger partial charge in [0.1, 0.15) is 0 Å². The van der Waals surface area contributed by atoms with Crippen LogP contribution in [0, 0.1) is 0 Å². The molecule has 0 aromatic heterocycles. The number of ether oxygens (including phenoxy) is 2. The zero-order valence-corrected chi connectivity index (χ0v) is 16.3. The second kappa shape index (κ2) is 11.7. The minimum Gasteiger partial charge on any atom is -0.449 e. The second-order valence-electron chi connectivity index (χ2n) is 4.19. The molecule has 2 N–H and O–H groups in total. The van der Waals surface area contributed by atoms with Crippen molar-refractivity contribution < 1.29 is 19.1 Å². The maximum absolute atomic E-state index is 11.5. The molecular formula is C14H18I2N2O4. The fraction of sp³-hybridized carbons (Fsp3) is 0.429. The lowest BCUT2D eigenvalue weighted by atomic mass is 10.3. The molecule has 0 heterocycles. The first-order valence-corrected chi connectivity index (χ1v) is 9.80. The molecule has 1 aromatic carbocycles. The third kappa shape index (κ3) is 8.61. The van der Waals surface area contributed by atoms with Gasteiger partial charge in [-0.3, -0.25) is 10.6 Å². The maximum atomic E-state index is 11.5. The van der Waals surface area contributed by atoms with Crippen LogP contribution in [0.2, 0.25) is 0 Å². The Morgan fingerprint density at radius 2 is 1.36 bits per heavy atom. The number of amides is 2. The Labute approximate surface area is 157 Å². The average molecular weight is 532 g/mol. The van der Waals surface area contributed by atoms with Gasteiger partial charge < -0.3 is 9.47 Å². The summed E-state index contributed by atoms with van der Waals surface area (Å²) in [5.41, 5.74) is 1.09. The number of anilines is 2. The van der Waals surface area contributed by atoms with E-state index in [1.54, 1.807) is 24.3 Å². The first-order chi connectivity index (χ1) is 10.7. The van der Waals surface area contributed by atoms with Crippen LogP contribution in [0.15, 0.2) is 24.3 Å². The van der Waals surface area contributed by atoms with Gasteiger partial charge in [-0.05, 0) is 31.0 Å². The number of carbonyl (C=O) groups is 2. The van der Waals surface area contributed by atoms with Crippen molar-refractivity contribution in [1.82, 2.24) is 0 Å². The average Bonchev–Trinajstić information content (AvgIpc) is 2.48. The Kier molecular flexibility index (Phi) is 10.3. The summed E-state index contributed by atoms with van der Waals surface area (Å²) in [6.07, 6.45) is 0.621. The zero-order valence-electron chi connectivity index (χ0n) is 11.9. The molecule has 0 saturated carbocycles. The van der Waals surface area contributed by atoms with Gasteiger partial charge in [-0.1, -0.05) is 51.2 Å². The highest BCUT2D eigenvalue weighted by Gasteiger charge is 2.06. The molecule has 0 aliphatic carbocycles. The van der Waals surface area contributed by atoms with Gasteiger partial charge in [0.25, 0.3) is 0 Å². The molecule has 0 saturated heterocycles. The standard InChI is InChI=1S/C14H18I2N2O4/c15-6-2-8-21-13(19)17-11-4-1-5-12(10-11)18-14(20)22-9-3-7-16/h1,4-5,10H,2-3,6-9H2,(H,17,19)(H,18,20). The highest BCUT2D eigenvalue weighted by molar-refractivity contribution is 14.1. The summed E-state index contributed by atoms with van der Waals surface area (Å²) in [5, 5.41) is 5.22. The minimum atomic E-state index is -0.508. The van der Waals surface area contributed by atoms with Crippen molar-refractivity contribution in [2.75, 3.05) is 32.7 Å². The predicted molar refractivity (Wildman–Crippen MR) is 103 cm³/mol. The normalized spacial score (nSPS) is 9.91. The van der Waals surface area contributed by atoms with Crippen molar-refractivity contribution in [3.8, 4) is 0 Å². The SMILES string of the molecule is O=C(Nc1cccc(NC(=O)OCCCI)c1)OCCCI. The van der Waals surface area contributed by atoms with Gasteiger partial charge in [0.2, 0.25) is 0 Å². The Morgan fingerprint density at radius 3 is 1.77 bits per heavy atom. The summed E-state index contributed by atoms with van der Waals surface area (Å²) < 4.78 is 11.9. The number of halogens is 2. The highest BCUT2D eigenvalue weighted by atomic mass is 127. The van der Waals surface area contributed by atoms with Crippen LogP contribution in [0.1, 0.15) is 12.8 Å². The monoisotopic (exact) mass is 532 g/mol. The number of carbonyl (C=O) groups excluding carboxylic acids is 2. The summed E-state index contributed by atoms with van der Waals surface area (Å²) in [4.78, 5) is 23.1. The molecule has 0 fully saturated rings. The zero-order chi connectivity index (χ0) is 16.2. The minimum absolute atomic E-state index is 0.385. The van der Waals surface area contributed by atoms with Crippen molar-refractivity contribution in [3.05, 3.63) is 24.3 Å². The number of rotatable bonds is 8. The first kappa shape index (κ1) is 19.3. The molecule has 22 heavy (non-hydrogen) atoms. The lowest BCUT2D eigenvalue weighted by molar-refractivity contribution is 0.161. The van der Waals surface area contributed by atoms with E-state index in [0.717, 1.165) is 21.7 Å². The fourth-order valence-electron chi connectivity index (χ4n) is 1.42. The highest BCUT2D eigenvalue weighted by Crippen LogP contribution is 2.15. The van der Waals surface area contributed by atoms with E-state index in [1.165, 1.54) is 0 Å². The topological polar surface area (TPSA) is 76.7 Å². The Bertz CT molecular complexity index is 446. The Morgan fingerprint density at radius 1 is 0.909 bits per heavy atom. The van der Waals surface area contributed by atoms with Crippen LogP contribution in [-0.2, 0) is 9.47 Å². The molecule has 1 rings (SSSR count). The van der Waals surface area contributed by atoms with Crippen molar-refractivity contribution >= 4 is 68.7 Å². The number of benzene rings is 1. The largest absolute Gasteiger partial charge is 0.449 e. The molecule has 0 radical (unpaired) electrons. The van der Waals surface area contributed by atoms with Gasteiger partial charge in [-0.2, -0.15) is 0 Å². The molecule has 2 amide bonds. The molecule has 0 bridgehead atoms. The van der Waals surface area contributed by atoms with E-state index in [-0.39, 0.29) is 0 Å². The summed E-state index contributed by atoms with van der Waals surface area (Å²) in [5.74, 6) is 0. The number of nitrogens with one attached hydrogen (secondary N) is 2.